The lowest BCUT2D eigenvalue weighted by Gasteiger charge is -2.27. The second-order valence-corrected chi connectivity index (χ2v) is 11.0. The van der Waals surface area contributed by atoms with Gasteiger partial charge in [0.15, 0.2) is 0 Å². The average molecular weight is 486 g/mol. The summed E-state index contributed by atoms with van der Waals surface area (Å²) in [6.07, 6.45) is 9.36. The molecule has 0 bridgehead atoms. The van der Waals surface area contributed by atoms with Gasteiger partial charge in [0.05, 0.1) is 25.4 Å². The Hall–Kier alpha value is -3.14. The van der Waals surface area contributed by atoms with Crippen LogP contribution < -0.4 is 4.72 Å². The van der Waals surface area contributed by atoms with Crippen LogP contribution >= 0.6 is 0 Å². The summed E-state index contributed by atoms with van der Waals surface area (Å²) in [6, 6.07) is 1.55. The van der Waals surface area contributed by atoms with Crippen molar-refractivity contribution in [3.8, 4) is 6.07 Å². The smallest absolute Gasteiger partial charge is 0.381 e. The van der Waals surface area contributed by atoms with Crippen molar-refractivity contribution in [2.24, 2.45) is 13.0 Å². The second kappa shape index (κ2) is 8.26. The molecule has 178 valence electrons. The number of amides is 3. The lowest BCUT2D eigenvalue weighted by atomic mass is 9.98. The summed E-state index contributed by atoms with van der Waals surface area (Å²) in [7, 11) is -2.21. The predicted molar refractivity (Wildman–Crippen MR) is 119 cm³/mol. The maximum Gasteiger partial charge on any atom is 0.501 e. The lowest BCUT2D eigenvalue weighted by Crippen LogP contribution is -2.52. The number of hydrogen-bond donors (Lipinski definition) is 1. The number of rotatable bonds is 7. The number of urea groups is 1. The molecule has 2 fully saturated rings. The molecule has 5 rings (SSSR count). The van der Waals surface area contributed by atoms with Crippen LogP contribution in [0, 0.1) is 17.2 Å². The minimum atomic E-state index is -3.95. The fourth-order valence-electron chi connectivity index (χ4n) is 4.41. The number of aryl methyl sites for hydroxylation is 1. The van der Waals surface area contributed by atoms with E-state index in [1.165, 1.54) is 22.8 Å². The molecule has 3 heterocycles. The summed E-state index contributed by atoms with van der Waals surface area (Å²) in [5, 5.41) is 12.3. The van der Waals surface area contributed by atoms with Gasteiger partial charge in [-0.1, -0.05) is 6.08 Å². The maximum atomic E-state index is 13.4. The Bertz CT molecular complexity index is 1290. The van der Waals surface area contributed by atoms with Crippen LogP contribution in [0.2, 0.25) is 0 Å². The molecule has 1 aromatic heterocycles. The normalized spacial score (nSPS) is 25.9. The molecule has 12 heteroatoms. The molecule has 1 saturated carbocycles. The van der Waals surface area contributed by atoms with Gasteiger partial charge in [0.1, 0.15) is 28.6 Å². The predicted octanol–water partition coefficient (Wildman–Crippen LogP) is 0.213. The van der Waals surface area contributed by atoms with E-state index in [1.54, 1.807) is 24.1 Å². The molecule has 1 saturated heterocycles. The van der Waals surface area contributed by atoms with Crippen molar-refractivity contribution in [1.82, 2.24) is 19.4 Å². The number of carbonyl (C=O) groups excluding carboxylic acids is 2. The molecule has 11 nitrogen and oxygen atoms in total. The van der Waals surface area contributed by atoms with Gasteiger partial charge >= 0.3 is 11.9 Å². The topological polar surface area (TPSA) is 137 Å². The summed E-state index contributed by atoms with van der Waals surface area (Å²) >= 11 is 0. The largest absolute Gasteiger partial charge is 0.501 e. The number of ether oxygens (including phenoxy) is 1. The van der Waals surface area contributed by atoms with E-state index < -0.39 is 32.8 Å². The van der Waals surface area contributed by atoms with E-state index in [2.05, 4.69) is 9.82 Å². The number of imide groups is 1. The SMILES string of the molecule is Cn1cc(CN2C(=O)C3=CC(S(=O)(=O)NC4(C#N)CC4)C=CC3=[N+](CC3CCOC3)C2=O)cn1. The molecule has 0 aromatic carbocycles. The molecule has 0 spiro atoms. The molecule has 0 radical (unpaired) electrons. The summed E-state index contributed by atoms with van der Waals surface area (Å²) in [5.74, 6) is -0.443. The molecule has 2 aliphatic carbocycles. The Kier molecular flexibility index (Phi) is 5.50. The van der Waals surface area contributed by atoms with Crippen LogP contribution in [-0.4, -0.2) is 75.9 Å². The minimum Gasteiger partial charge on any atom is -0.381 e. The monoisotopic (exact) mass is 485 g/mol. The van der Waals surface area contributed by atoms with E-state index in [-0.39, 0.29) is 18.0 Å². The lowest BCUT2D eigenvalue weighted by molar-refractivity contribution is -0.445. The second-order valence-electron chi connectivity index (χ2n) is 9.17. The zero-order chi connectivity index (χ0) is 24.1. The fraction of sp³-hybridized carbons (Fsp3) is 0.500. The molecule has 2 unspecified atom stereocenters. The summed E-state index contributed by atoms with van der Waals surface area (Å²) < 4.78 is 37.0. The average Bonchev–Trinajstić information content (AvgIpc) is 3.17. The highest BCUT2D eigenvalue weighted by molar-refractivity contribution is 7.90. The van der Waals surface area contributed by atoms with Crippen molar-refractivity contribution in [1.29, 1.82) is 5.26 Å². The first-order valence-corrected chi connectivity index (χ1v) is 12.7. The Morgan fingerprint density at radius 1 is 1.38 bits per heavy atom. The highest BCUT2D eigenvalue weighted by Crippen LogP contribution is 2.36. The highest BCUT2D eigenvalue weighted by Gasteiger charge is 2.50. The van der Waals surface area contributed by atoms with Crippen LogP contribution in [0.4, 0.5) is 4.79 Å². The number of hydrogen-bond acceptors (Lipinski definition) is 7. The number of nitrogens with one attached hydrogen (secondary N) is 1. The van der Waals surface area contributed by atoms with Crippen molar-refractivity contribution in [2.75, 3.05) is 19.8 Å². The van der Waals surface area contributed by atoms with Crippen LogP contribution in [0.15, 0.2) is 36.2 Å². The summed E-state index contributed by atoms with van der Waals surface area (Å²) in [5.41, 5.74) is 0.154. The molecule has 34 heavy (non-hydrogen) atoms. The first kappa shape index (κ1) is 22.6. The van der Waals surface area contributed by atoms with Gasteiger partial charge in [0.25, 0.3) is 0 Å². The molecule has 1 aromatic rings. The molecular formula is C22H25N6O5S+. The van der Waals surface area contributed by atoms with E-state index in [4.69, 9.17) is 4.74 Å². The van der Waals surface area contributed by atoms with E-state index in [0.29, 0.717) is 43.9 Å². The third-order valence-electron chi connectivity index (χ3n) is 6.50. The van der Waals surface area contributed by atoms with Crippen molar-refractivity contribution < 1.29 is 27.3 Å². The molecule has 3 amide bonds. The highest BCUT2D eigenvalue weighted by atomic mass is 32.2. The standard InChI is InChI=1S/C22H25N6O5S/c1-26-10-16(9-24-26)12-28-20(29)18-8-17(34(31,32)25-22(14-23)5-6-22)2-3-19(18)27(21(28)30)11-15-4-7-33-13-15/h2-3,8-10,15,17,25H,4-7,11-13H2,1H3/q+1. The van der Waals surface area contributed by atoms with E-state index in [9.17, 15) is 23.3 Å². The van der Waals surface area contributed by atoms with Gasteiger partial charge in [0.2, 0.25) is 10.0 Å². The third kappa shape index (κ3) is 4.11. The first-order valence-electron chi connectivity index (χ1n) is 11.1. The van der Waals surface area contributed by atoms with Gasteiger partial charge in [-0.3, -0.25) is 4.68 Å². The van der Waals surface area contributed by atoms with Gasteiger partial charge < -0.3 is 4.74 Å². The summed E-state index contributed by atoms with van der Waals surface area (Å²) in [4.78, 5) is 28.0. The third-order valence-corrected chi connectivity index (χ3v) is 8.19. The van der Waals surface area contributed by atoms with Crippen LogP contribution in [0.3, 0.4) is 0 Å². The van der Waals surface area contributed by atoms with Gasteiger partial charge in [-0.2, -0.15) is 29.4 Å². The van der Waals surface area contributed by atoms with Gasteiger partial charge in [-0.15, -0.1) is 0 Å². The fourth-order valence-corrected chi connectivity index (χ4v) is 5.94. The van der Waals surface area contributed by atoms with Crippen LogP contribution in [0.5, 0.6) is 0 Å². The van der Waals surface area contributed by atoms with Crippen molar-refractivity contribution >= 4 is 27.7 Å². The first-order chi connectivity index (χ1) is 16.2. The minimum absolute atomic E-state index is 0.0186. The Morgan fingerprint density at radius 2 is 2.18 bits per heavy atom. The van der Waals surface area contributed by atoms with E-state index in [1.807, 2.05) is 6.07 Å². The van der Waals surface area contributed by atoms with E-state index >= 15 is 0 Å². The van der Waals surface area contributed by atoms with E-state index in [0.717, 1.165) is 11.3 Å². The van der Waals surface area contributed by atoms with Crippen LogP contribution in [-0.2, 0) is 33.1 Å². The van der Waals surface area contributed by atoms with Crippen molar-refractivity contribution in [3.63, 3.8) is 0 Å². The molecule has 2 aliphatic heterocycles. The zero-order valence-electron chi connectivity index (χ0n) is 18.7. The van der Waals surface area contributed by atoms with Crippen LogP contribution in [0.1, 0.15) is 24.8 Å². The van der Waals surface area contributed by atoms with Crippen molar-refractivity contribution in [2.45, 2.75) is 36.6 Å². The Balaban J connectivity index is 1.51. The number of carbonyl (C=O) groups is 2. The van der Waals surface area contributed by atoms with Gasteiger partial charge in [0, 0.05) is 31.3 Å². The zero-order valence-corrected chi connectivity index (χ0v) is 19.5. The number of sulfonamides is 1. The van der Waals surface area contributed by atoms with Crippen molar-refractivity contribution in [3.05, 3.63) is 41.8 Å². The molecule has 2 atom stereocenters. The molecule has 4 aliphatic rings. The Morgan fingerprint density at radius 3 is 2.79 bits per heavy atom. The number of aromatic nitrogens is 2. The number of fused-ring (bicyclic) bond motifs is 1. The van der Waals surface area contributed by atoms with Crippen LogP contribution in [0.25, 0.3) is 0 Å². The number of nitrogens with zero attached hydrogens (tertiary/aromatic N) is 5. The number of allylic oxidation sites excluding steroid dienone is 1. The quantitative estimate of drug-likeness (QED) is 0.545. The number of nitriles is 1. The summed E-state index contributed by atoms with van der Waals surface area (Å²) in [6.45, 7) is 1.52. The molecule has 1 N–H and O–H groups in total. The maximum absolute atomic E-state index is 13.4. The molecular weight excluding hydrogens is 460 g/mol. The van der Waals surface area contributed by atoms with Gasteiger partial charge in [-0.25, -0.2) is 13.2 Å². The van der Waals surface area contributed by atoms with Gasteiger partial charge in [-0.05, 0) is 31.4 Å². The Labute approximate surface area is 197 Å².